The number of imidazole rings is 1. The second-order valence-corrected chi connectivity index (χ2v) is 4.97. The van der Waals surface area contributed by atoms with Gasteiger partial charge in [0.1, 0.15) is 5.82 Å². The Morgan fingerprint density at radius 2 is 2.17 bits per heavy atom. The van der Waals surface area contributed by atoms with Gasteiger partial charge in [0.25, 0.3) is 0 Å². The van der Waals surface area contributed by atoms with E-state index in [1.807, 2.05) is 19.4 Å². The quantitative estimate of drug-likeness (QED) is 0.891. The van der Waals surface area contributed by atoms with Crippen LogP contribution < -0.4 is 5.32 Å². The molecule has 1 aromatic heterocycles. The molecule has 18 heavy (non-hydrogen) atoms. The molecule has 0 saturated heterocycles. The molecule has 3 heteroatoms. The summed E-state index contributed by atoms with van der Waals surface area (Å²) < 4.78 is 2.07. The number of nitrogens with one attached hydrogen (secondary N) is 1. The van der Waals surface area contributed by atoms with Crippen LogP contribution in [0.1, 0.15) is 23.4 Å². The topological polar surface area (TPSA) is 29.9 Å². The molecule has 1 heterocycles. The first-order chi connectivity index (χ1) is 8.83. The van der Waals surface area contributed by atoms with Crippen LogP contribution in [-0.4, -0.2) is 16.1 Å². The molecule has 0 atom stereocenters. The van der Waals surface area contributed by atoms with Crippen molar-refractivity contribution < 1.29 is 0 Å². The zero-order chi connectivity index (χ0) is 12.4. The minimum atomic E-state index is 0.934. The van der Waals surface area contributed by atoms with Crippen molar-refractivity contribution in [2.45, 2.75) is 25.7 Å². The summed E-state index contributed by atoms with van der Waals surface area (Å²) >= 11 is 0. The van der Waals surface area contributed by atoms with Gasteiger partial charge < -0.3 is 9.88 Å². The van der Waals surface area contributed by atoms with E-state index in [2.05, 4.69) is 33.1 Å². The third-order valence-corrected chi connectivity index (χ3v) is 3.70. The molecule has 2 aromatic rings. The lowest BCUT2D eigenvalue weighted by Crippen LogP contribution is -2.08. The first kappa shape index (κ1) is 11.3. The number of nitrogens with zero attached hydrogens (tertiary/aromatic N) is 2. The van der Waals surface area contributed by atoms with Crippen molar-refractivity contribution in [1.82, 2.24) is 9.55 Å². The fraction of sp³-hybridized carbons (Fsp3) is 0.400. The maximum absolute atomic E-state index is 4.33. The van der Waals surface area contributed by atoms with Gasteiger partial charge in [-0.3, -0.25) is 0 Å². The van der Waals surface area contributed by atoms with E-state index in [4.69, 9.17) is 0 Å². The molecule has 0 radical (unpaired) electrons. The third kappa shape index (κ3) is 2.26. The number of benzene rings is 1. The van der Waals surface area contributed by atoms with E-state index >= 15 is 0 Å². The van der Waals surface area contributed by atoms with Crippen LogP contribution in [-0.2, 0) is 26.3 Å². The largest absolute Gasteiger partial charge is 0.385 e. The van der Waals surface area contributed by atoms with Gasteiger partial charge in [-0.2, -0.15) is 0 Å². The lowest BCUT2D eigenvalue weighted by Gasteiger charge is -2.08. The molecule has 3 nitrogen and oxygen atoms in total. The van der Waals surface area contributed by atoms with Gasteiger partial charge in [0.15, 0.2) is 0 Å². The third-order valence-electron chi connectivity index (χ3n) is 3.70. The molecule has 3 rings (SSSR count). The van der Waals surface area contributed by atoms with Crippen molar-refractivity contribution in [3.8, 4) is 0 Å². The minimum absolute atomic E-state index is 0.934. The zero-order valence-electron chi connectivity index (χ0n) is 10.8. The Balaban J connectivity index is 1.59. The van der Waals surface area contributed by atoms with Crippen molar-refractivity contribution >= 4 is 5.69 Å². The number of hydrogen-bond donors (Lipinski definition) is 1. The predicted octanol–water partition coefficient (Wildman–Crippen LogP) is 2.56. The lowest BCUT2D eigenvalue weighted by atomic mass is 10.1. The molecular weight excluding hydrogens is 222 g/mol. The molecular formula is C15H19N3. The Hall–Kier alpha value is -1.77. The molecule has 0 aliphatic heterocycles. The number of fused-ring (bicyclic) bond motifs is 1. The van der Waals surface area contributed by atoms with Crippen LogP contribution >= 0.6 is 0 Å². The smallest absolute Gasteiger partial charge is 0.110 e. The Morgan fingerprint density at radius 1 is 1.28 bits per heavy atom. The van der Waals surface area contributed by atoms with E-state index < -0.39 is 0 Å². The average molecular weight is 241 g/mol. The molecule has 0 unspecified atom stereocenters. The van der Waals surface area contributed by atoms with E-state index in [0.717, 1.165) is 18.8 Å². The SMILES string of the molecule is Cn1ccnc1CCNc1ccc2c(c1)CCC2. The van der Waals surface area contributed by atoms with Crippen LogP contribution in [0.4, 0.5) is 5.69 Å². The first-order valence-electron chi connectivity index (χ1n) is 6.65. The van der Waals surface area contributed by atoms with Gasteiger partial charge >= 0.3 is 0 Å². The molecule has 1 aliphatic carbocycles. The van der Waals surface area contributed by atoms with E-state index in [0.29, 0.717) is 0 Å². The maximum atomic E-state index is 4.33. The van der Waals surface area contributed by atoms with Crippen LogP contribution in [0.15, 0.2) is 30.6 Å². The summed E-state index contributed by atoms with van der Waals surface area (Å²) in [6.07, 6.45) is 8.61. The Morgan fingerprint density at radius 3 is 3.00 bits per heavy atom. The summed E-state index contributed by atoms with van der Waals surface area (Å²) in [6, 6.07) is 6.77. The van der Waals surface area contributed by atoms with Crippen LogP contribution in [0.2, 0.25) is 0 Å². The van der Waals surface area contributed by atoms with Gasteiger partial charge in [-0.15, -0.1) is 0 Å². The Labute approximate surface area is 108 Å². The van der Waals surface area contributed by atoms with E-state index in [1.54, 1.807) is 0 Å². The fourth-order valence-electron chi connectivity index (χ4n) is 2.64. The first-order valence-corrected chi connectivity index (χ1v) is 6.65. The monoisotopic (exact) mass is 241 g/mol. The average Bonchev–Trinajstić information content (AvgIpc) is 2.98. The number of hydrogen-bond acceptors (Lipinski definition) is 2. The van der Waals surface area contributed by atoms with Crippen LogP contribution in [0.5, 0.6) is 0 Å². The fourth-order valence-corrected chi connectivity index (χ4v) is 2.64. The summed E-state index contributed by atoms with van der Waals surface area (Å²) in [4.78, 5) is 4.33. The second-order valence-electron chi connectivity index (χ2n) is 4.97. The summed E-state index contributed by atoms with van der Waals surface area (Å²) in [5, 5.41) is 3.49. The highest BCUT2D eigenvalue weighted by molar-refractivity contribution is 5.50. The van der Waals surface area contributed by atoms with E-state index in [-0.39, 0.29) is 0 Å². The zero-order valence-corrected chi connectivity index (χ0v) is 10.8. The van der Waals surface area contributed by atoms with Gasteiger partial charge in [0.2, 0.25) is 0 Å². The van der Waals surface area contributed by atoms with Crippen LogP contribution in [0.3, 0.4) is 0 Å². The molecule has 0 fully saturated rings. The number of aryl methyl sites for hydroxylation is 3. The minimum Gasteiger partial charge on any atom is -0.385 e. The van der Waals surface area contributed by atoms with Crippen molar-refractivity contribution in [2.24, 2.45) is 7.05 Å². The highest BCUT2D eigenvalue weighted by atomic mass is 15.0. The molecule has 1 aromatic carbocycles. The van der Waals surface area contributed by atoms with Crippen LogP contribution in [0, 0.1) is 0 Å². The molecule has 94 valence electrons. The van der Waals surface area contributed by atoms with Gasteiger partial charge in [-0.1, -0.05) is 6.07 Å². The van der Waals surface area contributed by atoms with Gasteiger partial charge in [-0.05, 0) is 42.5 Å². The van der Waals surface area contributed by atoms with Crippen LogP contribution in [0.25, 0.3) is 0 Å². The molecule has 0 saturated carbocycles. The Kier molecular flexibility index (Phi) is 3.05. The van der Waals surface area contributed by atoms with Crippen molar-refractivity contribution in [2.75, 3.05) is 11.9 Å². The summed E-state index contributed by atoms with van der Waals surface area (Å²) in [6.45, 7) is 0.934. The highest BCUT2D eigenvalue weighted by Crippen LogP contribution is 2.24. The standard InChI is InChI=1S/C15H19N3/c1-18-10-9-17-15(18)7-8-16-14-6-5-12-3-2-4-13(12)11-14/h5-6,9-11,16H,2-4,7-8H2,1H3. The summed E-state index contributed by atoms with van der Waals surface area (Å²) in [5.41, 5.74) is 4.30. The Bertz CT molecular complexity index is 542. The molecule has 0 bridgehead atoms. The molecule has 0 amide bonds. The molecule has 1 N–H and O–H groups in total. The van der Waals surface area contributed by atoms with E-state index in [9.17, 15) is 0 Å². The van der Waals surface area contributed by atoms with Gasteiger partial charge in [0, 0.05) is 38.1 Å². The lowest BCUT2D eigenvalue weighted by molar-refractivity contribution is 0.789. The number of aromatic nitrogens is 2. The normalized spacial score (nSPS) is 13.6. The highest BCUT2D eigenvalue weighted by Gasteiger charge is 2.10. The second kappa shape index (κ2) is 4.84. The molecule has 0 spiro atoms. The van der Waals surface area contributed by atoms with Gasteiger partial charge in [0.05, 0.1) is 0 Å². The summed E-state index contributed by atoms with van der Waals surface area (Å²) in [5.74, 6) is 1.13. The molecule has 1 aliphatic rings. The van der Waals surface area contributed by atoms with Crippen molar-refractivity contribution in [3.05, 3.63) is 47.5 Å². The predicted molar refractivity (Wildman–Crippen MR) is 73.9 cm³/mol. The number of anilines is 1. The van der Waals surface area contributed by atoms with Crippen molar-refractivity contribution in [1.29, 1.82) is 0 Å². The van der Waals surface area contributed by atoms with Gasteiger partial charge in [-0.25, -0.2) is 4.98 Å². The number of rotatable bonds is 4. The summed E-state index contributed by atoms with van der Waals surface area (Å²) in [7, 11) is 2.04. The maximum Gasteiger partial charge on any atom is 0.110 e. The van der Waals surface area contributed by atoms with Crippen molar-refractivity contribution in [3.63, 3.8) is 0 Å². The van der Waals surface area contributed by atoms with E-state index in [1.165, 1.54) is 36.1 Å².